The highest BCUT2D eigenvalue weighted by Crippen LogP contribution is 2.15. The Bertz CT molecular complexity index is 381. The van der Waals surface area contributed by atoms with Crippen LogP contribution < -0.4 is 10.6 Å². The Labute approximate surface area is 113 Å². The van der Waals surface area contributed by atoms with Crippen molar-refractivity contribution < 1.29 is 4.79 Å². The highest BCUT2D eigenvalue weighted by molar-refractivity contribution is 7.11. The third-order valence-corrected chi connectivity index (χ3v) is 4.36. The van der Waals surface area contributed by atoms with Gasteiger partial charge in [-0.3, -0.25) is 4.79 Å². The lowest BCUT2D eigenvalue weighted by molar-refractivity contribution is -0.123. The normalized spacial score (nSPS) is 21.1. The van der Waals surface area contributed by atoms with Crippen molar-refractivity contribution in [2.45, 2.75) is 51.6 Å². The molecule has 1 amide bonds. The molecule has 4 heteroatoms. The molecule has 0 radical (unpaired) electrons. The number of hydrogen-bond donors (Lipinski definition) is 2. The molecule has 3 nitrogen and oxygen atoms in total. The molecule has 2 N–H and O–H groups in total. The number of carbonyl (C=O) groups excluding carboxylic acids is 1. The van der Waals surface area contributed by atoms with Crippen LogP contribution in [0.4, 0.5) is 0 Å². The minimum atomic E-state index is 0.00589. The molecule has 1 aromatic rings. The lowest BCUT2D eigenvalue weighted by Gasteiger charge is -2.20. The highest BCUT2D eigenvalue weighted by atomic mass is 32.1. The third kappa shape index (κ3) is 4.10. The van der Waals surface area contributed by atoms with Crippen LogP contribution in [-0.2, 0) is 11.3 Å². The summed E-state index contributed by atoms with van der Waals surface area (Å²) in [5.74, 6) is 0.156. The molecule has 2 rings (SSSR count). The molecule has 1 saturated heterocycles. The molecule has 1 fully saturated rings. The Balaban J connectivity index is 1.79. The van der Waals surface area contributed by atoms with Crippen LogP contribution in [0.3, 0.4) is 0 Å². The van der Waals surface area contributed by atoms with Crippen molar-refractivity contribution >= 4 is 17.2 Å². The van der Waals surface area contributed by atoms with Crippen LogP contribution in [0.1, 0.15) is 41.9 Å². The molecule has 100 valence electrons. The molecular weight excluding hydrogens is 244 g/mol. The zero-order valence-corrected chi connectivity index (χ0v) is 11.8. The second kappa shape index (κ2) is 6.90. The first kappa shape index (κ1) is 13.6. The smallest absolute Gasteiger partial charge is 0.237 e. The number of amides is 1. The van der Waals surface area contributed by atoms with Gasteiger partial charge in [-0.15, -0.1) is 11.3 Å². The maximum Gasteiger partial charge on any atom is 0.237 e. The molecule has 2 heterocycles. The van der Waals surface area contributed by atoms with Gasteiger partial charge in [0.15, 0.2) is 0 Å². The Hall–Kier alpha value is -0.870. The van der Waals surface area contributed by atoms with E-state index in [-0.39, 0.29) is 11.9 Å². The van der Waals surface area contributed by atoms with Gasteiger partial charge < -0.3 is 10.6 Å². The topological polar surface area (TPSA) is 41.1 Å². The molecule has 0 aromatic carbocycles. The minimum Gasteiger partial charge on any atom is -0.350 e. The number of nitrogens with one attached hydrogen (secondary N) is 2. The van der Waals surface area contributed by atoms with Gasteiger partial charge in [-0.05, 0) is 38.4 Å². The molecular formula is C14H22N2OS. The number of aryl methyl sites for hydroxylation is 1. The molecule has 1 aliphatic heterocycles. The van der Waals surface area contributed by atoms with E-state index in [1.54, 1.807) is 11.3 Å². The minimum absolute atomic E-state index is 0.00589. The molecule has 0 spiro atoms. The van der Waals surface area contributed by atoms with Crippen molar-refractivity contribution in [1.29, 1.82) is 0 Å². The SMILES string of the molecule is Cc1ccc(CNC(=O)C2CCCCCCN2)s1. The average molecular weight is 266 g/mol. The summed E-state index contributed by atoms with van der Waals surface area (Å²) in [7, 11) is 0. The second-order valence-corrected chi connectivity index (χ2v) is 6.31. The zero-order chi connectivity index (χ0) is 12.8. The molecule has 0 saturated carbocycles. The van der Waals surface area contributed by atoms with Crippen molar-refractivity contribution in [1.82, 2.24) is 10.6 Å². The summed E-state index contributed by atoms with van der Waals surface area (Å²) in [6, 6.07) is 4.19. The summed E-state index contributed by atoms with van der Waals surface area (Å²) in [4.78, 5) is 14.6. The molecule has 1 unspecified atom stereocenters. The summed E-state index contributed by atoms with van der Waals surface area (Å²) < 4.78 is 0. The predicted molar refractivity (Wildman–Crippen MR) is 75.8 cm³/mol. The summed E-state index contributed by atoms with van der Waals surface area (Å²) in [6.07, 6.45) is 5.86. The molecule has 0 bridgehead atoms. The van der Waals surface area contributed by atoms with E-state index in [4.69, 9.17) is 0 Å². The van der Waals surface area contributed by atoms with Crippen molar-refractivity contribution in [3.63, 3.8) is 0 Å². The summed E-state index contributed by atoms with van der Waals surface area (Å²) >= 11 is 1.75. The van der Waals surface area contributed by atoms with E-state index in [1.165, 1.54) is 29.0 Å². The standard InChI is InChI=1S/C14H22N2OS/c1-11-7-8-12(18-11)10-16-14(17)13-6-4-2-3-5-9-15-13/h7-8,13,15H,2-6,9-10H2,1H3,(H,16,17). The first-order valence-electron chi connectivity index (χ1n) is 6.82. The Morgan fingerprint density at radius 1 is 1.39 bits per heavy atom. The van der Waals surface area contributed by atoms with Gasteiger partial charge in [-0.25, -0.2) is 0 Å². The monoisotopic (exact) mass is 266 g/mol. The van der Waals surface area contributed by atoms with Crippen molar-refractivity contribution in [3.05, 3.63) is 21.9 Å². The maximum absolute atomic E-state index is 12.1. The van der Waals surface area contributed by atoms with E-state index >= 15 is 0 Å². The second-order valence-electron chi connectivity index (χ2n) is 4.94. The largest absolute Gasteiger partial charge is 0.350 e. The zero-order valence-electron chi connectivity index (χ0n) is 11.0. The van der Waals surface area contributed by atoms with Gasteiger partial charge in [0.2, 0.25) is 5.91 Å². The Morgan fingerprint density at radius 2 is 2.22 bits per heavy atom. The Kier molecular flexibility index (Phi) is 5.20. The molecule has 0 aliphatic carbocycles. The number of rotatable bonds is 3. The number of hydrogen-bond acceptors (Lipinski definition) is 3. The fourth-order valence-corrected chi connectivity index (χ4v) is 3.14. The number of thiophene rings is 1. The van der Waals surface area contributed by atoms with Crippen molar-refractivity contribution in [3.8, 4) is 0 Å². The predicted octanol–water partition coefficient (Wildman–Crippen LogP) is 2.60. The summed E-state index contributed by atoms with van der Waals surface area (Å²) in [6.45, 7) is 3.72. The van der Waals surface area contributed by atoms with Gasteiger partial charge in [-0.2, -0.15) is 0 Å². The third-order valence-electron chi connectivity index (χ3n) is 3.36. The van der Waals surface area contributed by atoms with E-state index in [0.717, 1.165) is 19.4 Å². The maximum atomic E-state index is 12.1. The highest BCUT2D eigenvalue weighted by Gasteiger charge is 2.18. The van der Waals surface area contributed by atoms with Crippen LogP contribution >= 0.6 is 11.3 Å². The van der Waals surface area contributed by atoms with Gasteiger partial charge >= 0.3 is 0 Å². The van der Waals surface area contributed by atoms with Crippen LogP contribution in [0.15, 0.2) is 12.1 Å². The van der Waals surface area contributed by atoms with Gasteiger partial charge in [0.05, 0.1) is 12.6 Å². The van der Waals surface area contributed by atoms with E-state index < -0.39 is 0 Å². The van der Waals surface area contributed by atoms with Crippen LogP contribution in [0.5, 0.6) is 0 Å². The van der Waals surface area contributed by atoms with Crippen molar-refractivity contribution in [2.75, 3.05) is 6.54 Å². The van der Waals surface area contributed by atoms with Crippen LogP contribution in [0.25, 0.3) is 0 Å². The van der Waals surface area contributed by atoms with Crippen LogP contribution in [-0.4, -0.2) is 18.5 Å². The summed E-state index contributed by atoms with van der Waals surface area (Å²) in [5.41, 5.74) is 0. The van der Waals surface area contributed by atoms with Crippen LogP contribution in [0, 0.1) is 6.92 Å². The summed E-state index contributed by atoms with van der Waals surface area (Å²) in [5, 5.41) is 6.39. The van der Waals surface area contributed by atoms with E-state index in [9.17, 15) is 4.79 Å². The lowest BCUT2D eigenvalue weighted by Crippen LogP contribution is -2.44. The van der Waals surface area contributed by atoms with Crippen molar-refractivity contribution in [2.24, 2.45) is 0 Å². The van der Waals surface area contributed by atoms with Crippen LogP contribution in [0.2, 0.25) is 0 Å². The quantitative estimate of drug-likeness (QED) is 0.883. The average Bonchev–Trinajstić information content (AvgIpc) is 2.72. The molecule has 1 atom stereocenters. The van der Waals surface area contributed by atoms with E-state index in [1.807, 2.05) is 0 Å². The fraction of sp³-hybridized carbons (Fsp3) is 0.643. The van der Waals surface area contributed by atoms with E-state index in [0.29, 0.717) is 6.54 Å². The molecule has 18 heavy (non-hydrogen) atoms. The lowest BCUT2D eigenvalue weighted by atomic mass is 10.0. The first-order valence-corrected chi connectivity index (χ1v) is 7.64. The Morgan fingerprint density at radius 3 is 3.00 bits per heavy atom. The van der Waals surface area contributed by atoms with Gasteiger partial charge in [-0.1, -0.05) is 19.3 Å². The molecule has 1 aromatic heterocycles. The molecule has 1 aliphatic rings. The van der Waals surface area contributed by atoms with Gasteiger partial charge in [0, 0.05) is 9.75 Å². The van der Waals surface area contributed by atoms with Gasteiger partial charge in [0.1, 0.15) is 0 Å². The van der Waals surface area contributed by atoms with E-state index in [2.05, 4.69) is 29.7 Å². The first-order chi connectivity index (χ1) is 8.75. The fourth-order valence-electron chi connectivity index (χ4n) is 2.31. The van der Waals surface area contributed by atoms with Gasteiger partial charge in [0.25, 0.3) is 0 Å². The number of carbonyl (C=O) groups is 1.